The second-order valence-corrected chi connectivity index (χ2v) is 4.48. The van der Waals surface area contributed by atoms with E-state index in [-0.39, 0.29) is 12.0 Å². The Kier molecular flexibility index (Phi) is 3.88. The average Bonchev–Trinajstić information content (AvgIpc) is 2.14. The van der Waals surface area contributed by atoms with Gasteiger partial charge in [-0.25, -0.2) is 0 Å². The number of nitrogens with one attached hydrogen (secondary N) is 1. The number of carbonyl (C=O) groups excluding carboxylic acids is 1. The van der Waals surface area contributed by atoms with Gasteiger partial charge in [-0.05, 0) is 12.3 Å². The summed E-state index contributed by atoms with van der Waals surface area (Å²) in [6.45, 7) is 1.49. The number of amides is 1. The Morgan fingerprint density at radius 2 is 2.12 bits per heavy atom. The molecule has 2 nitrogen and oxygen atoms in total. The van der Waals surface area contributed by atoms with E-state index in [2.05, 4.69) is 5.32 Å². The minimum atomic E-state index is -4.32. The molecule has 0 heterocycles. The van der Waals surface area contributed by atoms with Gasteiger partial charge in [0, 0.05) is 12.6 Å². The number of rotatable bonds is 1. The van der Waals surface area contributed by atoms with Crippen LogP contribution in [0.3, 0.4) is 0 Å². The first-order valence-electron chi connectivity index (χ1n) is 4.92. The van der Waals surface area contributed by atoms with Gasteiger partial charge in [0.1, 0.15) is 0 Å². The van der Waals surface area contributed by atoms with Gasteiger partial charge in [0.15, 0.2) is 0 Å². The first-order chi connectivity index (χ1) is 7.27. The number of hydrogen-bond acceptors (Lipinski definition) is 1. The monoisotopic (exact) mass is 255 g/mol. The Hall–Kier alpha value is -0.710. The minimum absolute atomic E-state index is 0.0181. The van der Waals surface area contributed by atoms with Crippen LogP contribution >= 0.6 is 11.6 Å². The average molecular weight is 256 g/mol. The molecule has 0 aromatic heterocycles. The summed E-state index contributed by atoms with van der Waals surface area (Å²) in [5.41, 5.74) is 0.0181. The summed E-state index contributed by atoms with van der Waals surface area (Å²) < 4.78 is 37.9. The van der Waals surface area contributed by atoms with Gasteiger partial charge >= 0.3 is 6.18 Å². The second kappa shape index (κ2) is 4.65. The zero-order valence-corrected chi connectivity index (χ0v) is 9.69. The van der Waals surface area contributed by atoms with E-state index < -0.39 is 29.3 Å². The fraction of sp³-hybridized carbons (Fsp3) is 0.700. The van der Waals surface area contributed by atoms with Crippen LogP contribution in [0.5, 0.6) is 0 Å². The molecule has 1 aliphatic rings. The Bertz CT molecular complexity index is 314. The topological polar surface area (TPSA) is 29.1 Å². The van der Waals surface area contributed by atoms with E-state index >= 15 is 0 Å². The molecule has 16 heavy (non-hydrogen) atoms. The summed E-state index contributed by atoms with van der Waals surface area (Å²) in [6, 6.07) is 0. The van der Waals surface area contributed by atoms with Crippen LogP contribution in [-0.4, -0.2) is 24.5 Å². The molecule has 92 valence electrons. The van der Waals surface area contributed by atoms with Gasteiger partial charge < -0.3 is 5.32 Å². The lowest BCUT2D eigenvalue weighted by Crippen LogP contribution is -2.37. The van der Waals surface area contributed by atoms with Crippen molar-refractivity contribution >= 4 is 17.5 Å². The van der Waals surface area contributed by atoms with E-state index in [0.717, 1.165) is 6.08 Å². The zero-order valence-electron chi connectivity index (χ0n) is 8.94. The summed E-state index contributed by atoms with van der Waals surface area (Å²) in [4.78, 5) is 11.3. The maximum Gasteiger partial charge on any atom is 0.395 e. The van der Waals surface area contributed by atoms with Gasteiger partial charge in [0.25, 0.3) is 0 Å². The van der Waals surface area contributed by atoms with Crippen molar-refractivity contribution < 1.29 is 18.0 Å². The smallest absolute Gasteiger partial charge is 0.355 e. The highest BCUT2D eigenvalue weighted by Crippen LogP contribution is 2.41. The van der Waals surface area contributed by atoms with Crippen LogP contribution in [0.1, 0.15) is 13.3 Å². The fourth-order valence-corrected chi connectivity index (χ4v) is 2.29. The summed E-state index contributed by atoms with van der Waals surface area (Å²) in [7, 11) is 1.37. The minimum Gasteiger partial charge on any atom is -0.355 e. The van der Waals surface area contributed by atoms with Crippen molar-refractivity contribution in [1.82, 2.24) is 5.32 Å². The number of likely N-dealkylation sites (N-methyl/N-ethyl adjacent to an activating group) is 1. The standard InChI is InChI=1S/C10H13ClF3NO/c1-5-3-8(11)6(9(16)15-2)4-7(5)10(12,13)14/h4-5,7-8H,3H2,1-2H3,(H,15,16). The number of hydrogen-bond donors (Lipinski definition) is 1. The molecule has 0 saturated heterocycles. The van der Waals surface area contributed by atoms with Crippen molar-refractivity contribution in [1.29, 1.82) is 0 Å². The number of halogens is 4. The number of carbonyl (C=O) groups is 1. The molecule has 3 unspecified atom stereocenters. The van der Waals surface area contributed by atoms with Crippen molar-refractivity contribution in [2.45, 2.75) is 24.9 Å². The summed E-state index contributed by atoms with van der Waals surface area (Å²) in [6.07, 6.45) is -3.22. The maximum absolute atomic E-state index is 12.6. The zero-order chi connectivity index (χ0) is 12.5. The first-order valence-corrected chi connectivity index (χ1v) is 5.35. The van der Waals surface area contributed by atoms with Gasteiger partial charge in [-0.1, -0.05) is 13.0 Å². The van der Waals surface area contributed by atoms with Gasteiger partial charge in [-0.15, -0.1) is 11.6 Å². The maximum atomic E-state index is 12.6. The molecule has 0 bridgehead atoms. The van der Waals surface area contributed by atoms with Crippen molar-refractivity contribution in [3.8, 4) is 0 Å². The van der Waals surface area contributed by atoms with E-state index in [9.17, 15) is 18.0 Å². The molecule has 0 radical (unpaired) electrons. The molecule has 0 fully saturated rings. The lowest BCUT2D eigenvalue weighted by atomic mass is 9.81. The summed E-state index contributed by atoms with van der Waals surface area (Å²) in [5, 5.41) is 1.65. The van der Waals surface area contributed by atoms with Gasteiger partial charge in [0.2, 0.25) is 5.91 Å². The van der Waals surface area contributed by atoms with Gasteiger partial charge in [-0.2, -0.15) is 13.2 Å². The third-order valence-electron chi connectivity index (χ3n) is 2.76. The molecule has 0 aliphatic heterocycles. The Morgan fingerprint density at radius 3 is 2.56 bits per heavy atom. The molecule has 1 aliphatic carbocycles. The van der Waals surface area contributed by atoms with E-state index in [1.54, 1.807) is 0 Å². The van der Waals surface area contributed by atoms with E-state index in [0.29, 0.717) is 0 Å². The lowest BCUT2D eigenvalue weighted by molar-refractivity contribution is -0.174. The van der Waals surface area contributed by atoms with Crippen LogP contribution in [0.25, 0.3) is 0 Å². The number of allylic oxidation sites excluding steroid dienone is 1. The molecule has 6 heteroatoms. The highest BCUT2D eigenvalue weighted by molar-refractivity contribution is 6.25. The van der Waals surface area contributed by atoms with Crippen LogP contribution in [0.15, 0.2) is 11.6 Å². The van der Waals surface area contributed by atoms with Crippen LogP contribution in [0.2, 0.25) is 0 Å². The molecule has 0 spiro atoms. The molecule has 0 saturated carbocycles. The van der Waals surface area contributed by atoms with Gasteiger partial charge in [0.05, 0.1) is 11.3 Å². The van der Waals surface area contributed by atoms with Crippen LogP contribution in [0, 0.1) is 11.8 Å². The second-order valence-electron chi connectivity index (χ2n) is 3.95. The van der Waals surface area contributed by atoms with Crippen molar-refractivity contribution in [2.24, 2.45) is 11.8 Å². The van der Waals surface area contributed by atoms with E-state index in [1.807, 2.05) is 0 Å². The molecular weight excluding hydrogens is 243 g/mol. The van der Waals surface area contributed by atoms with Crippen molar-refractivity contribution in [3.05, 3.63) is 11.6 Å². The van der Waals surface area contributed by atoms with Crippen molar-refractivity contribution in [2.75, 3.05) is 7.05 Å². The number of alkyl halides is 4. The highest BCUT2D eigenvalue weighted by atomic mass is 35.5. The molecule has 1 rings (SSSR count). The Morgan fingerprint density at radius 1 is 1.56 bits per heavy atom. The van der Waals surface area contributed by atoms with Crippen LogP contribution in [0.4, 0.5) is 13.2 Å². The quantitative estimate of drug-likeness (QED) is 0.717. The fourth-order valence-electron chi connectivity index (χ4n) is 1.84. The van der Waals surface area contributed by atoms with E-state index in [4.69, 9.17) is 11.6 Å². The lowest BCUT2D eigenvalue weighted by Gasteiger charge is -2.31. The molecule has 1 amide bonds. The molecule has 0 aromatic rings. The summed E-state index contributed by atoms with van der Waals surface area (Å²) >= 11 is 5.87. The first kappa shape index (κ1) is 13.4. The Balaban J connectivity index is 3.03. The largest absolute Gasteiger partial charge is 0.395 e. The molecule has 0 aromatic carbocycles. The predicted molar refractivity (Wildman–Crippen MR) is 55.1 cm³/mol. The third-order valence-corrected chi connectivity index (χ3v) is 3.17. The molecule has 3 atom stereocenters. The molecular formula is C10H13ClF3NO. The van der Waals surface area contributed by atoms with Crippen LogP contribution in [-0.2, 0) is 4.79 Å². The summed E-state index contributed by atoms with van der Waals surface area (Å²) in [5.74, 6) is -2.73. The normalized spacial score (nSPS) is 30.9. The molecule has 1 N–H and O–H groups in total. The Labute approximate surface area is 96.8 Å². The highest BCUT2D eigenvalue weighted by Gasteiger charge is 2.45. The van der Waals surface area contributed by atoms with E-state index in [1.165, 1.54) is 14.0 Å². The van der Waals surface area contributed by atoms with Crippen LogP contribution < -0.4 is 5.32 Å². The predicted octanol–water partition coefficient (Wildman–Crippen LogP) is 2.48. The van der Waals surface area contributed by atoms with Gasteiger partial charge in [-0.3, -0.25) is 4.79 Å². The SMILES string of the molecule is CNC(=O)C1=CC(C(F)(F)F)C(C)CC1Cl. The third kappa shape index (κ3) is 2.70. The van der Waals surface area contributed by atoms with Crippen molar-refractivity contribution in [3.63, 3.8) is 0 Å².